The molecule has 3 nitrogen and oxygen atoms in total. The largest absolute Gasteiger partial charge is 1.00 e. The summed E-state index contributed by atoms with van der Waals surface area (Å²) < 4.78 is 1.97. The normalized spacial score (nSPS) is 11.9. The fraction of sp³-hybridized carbons (Fsp3) is 0.857. The lowest BCUT2D eigenvalue weighted by molar-refractivity contribution is -0.531. The van der Waals surface area contributed by atoms with Crippen LogP contribution in [0.15, 0.2) is 0 Å². The third-order valence-electron chi connectivity index (χ3n) is 1.36. The number of hydrogen-bond acceptors (Lipinski definition) is 1. The molecule has 0 aromatic carbocycles. The van der Waals surface area contributed by atoms with Crippen LogP contribution < -0.4 is 29.7 Å². The molecule has 0 aliphatic rings. The lowest BCUT2D eigenvalue weighted by atomic mass is 10.4. The van der Waals surface area contributed by atoms with E-state index in [1.807, 2.05) is 11.5 Å². The Balaban J connectivity index is 0. The molecule has 0 rings (SSSR count). The molecule has 0 heterocycles. The predicted molar refractivity (Wildman–Crippen MR) is 42.2 cm³/mol. The number of halogens is 1. The van der Waals surface area contributed by atoms with Crippen molar-refractivity contribution in [3.05, 3.63) is 0 Å². The van der Waals surface area contributed by atoms with Crippen molar-refractivity contribution >= 4 is 5.84 Å². The number of aliphatic hydroxyl groups is 1. The maximum atomic E-state index is 8.60. The predicted octanol–water partition coefficient (Wildman–Crippen LogP) is -3.22. The van der Waals surface area contributed by atoms with Gasteiger partial charge >= 0.3 is 0 Å². The molecular weight excluding hydrogens is 255 g/mol. The SMILES string of the molecule is CCC[N+](CCO)=C(C)N.[I-]. The van der Waals surface area contributed by atoms with E-state index in [1.165, 1.54) is 0 Å². The summed E-state index contributed by atoms with van der Waals surface area (Å²) in [5, 5.41) is 8.60. The van der Waals surface area contributed by atoms with Crippen molar-refractivity contribution in [3.8, 4) is 0 Å². The van der Waals surface area contributed by atoms with Crippen LogP contribution in [0.25, 0.3) is 0 Å². The van der Waals surface area contributed by atoms with E-state index >= 15 is 0 Å². The van der Waals surface area contributed by atoms with Crippen molar-refractivity contribution in [2.24, 2.45) is 5.73 Å². The summed E-state index contributed by atoms with van der Waals surface area (Å²) in [6, 6.07) is 0. The molecule has 0 atom stereocenters. The molecule has 0 aliphatic heterocycles. The molecule has 0 saturated carbocycles. The van der Waals surface area contributed by atoms with E-state index in [9.17, 15) is 0 Å². The highest BCUT2D eigenvalue weighted by atomic mass is 127. The molecule has 3 N–H and O–H groups in total. The van der Waals surface area contributed by atoms with Gasteiger partial charge in [0.05, 0.1) is 13.2 Å². The van der Waals surface area contributed by atoms with Gasteiger partial charge in [0.1, 0.15) is 6.54 Å². The molecule has 0 aliphatic carbocycles. The van der Waals surface area contributed by atoms with E-state index in [4.69, 9.17) is 10.8 Å². The summed E-state index contributed by atoms with van der Waals surface area (Å²) >= 11 is 0. The monoisotopic (exact) mass is 272 g/mol. The lowest BCUT2D eigenvalue weighted by Crippen LogP contribution is -3.00. The molecule has 0 radical (unpaired) electrons. The molecule has 4 heteroatoms. The van der Waals surface area contributed by atoms with E-state index in [1.54, 1.807) is 0 Å². The zero-order valence-electron chi connectivity index (χ0n) is 7.18. The van der Waals surface area contributed by atoms with Gasteiger partial charge in [0.25, 0.3) is 0 Å². The average molecular weight is 272 g/mol. The van der Waals surface area contributed by atoms with Crippen molar-refractivity contribution in [1.29, 1.82) is 0 Å². The highest BCUT2D eigenvalue weighted by Gasteiger charge is 1.99. The van der Waals surface area contributed by atoms with Crippen molar-refractivity contribution in [2.45, 2.75) is 20.3 Å². The molecule has 0 spiro atoms. The van der Waals surface area contributed by atoms with Gasteiger partial charge < -0.3 is 29.1 Å². The van der Waals surface area contributed by atoms with Gasteiger partial charge in [-0.1, -0.05) is 6.92 Å². The Bertz CT molecular complexity index is 114. The minimum absolute atomic E-state index is 0. The summed E-state index contributed by atoms with van der Waals surface area (Å²) in [5.41, 5.74) is 5.54. The third-order valence-corrected chi connectivity index (χ3v) is 1.36. The first-order valence-electron chi connectivity index (χ1n) is 3.67. The van der Waals surface area contributed by atoms with Gasteiger partial charge in [-0.3, -0.25) is 10.3 Å². The quantitative estimate of drug-likeness (QED) is 0.245. The Morgan fingerprint density at radius 1 is 1.45 bits per heavy atom. The van der Waals surface area contributed by atoms with E-state index in [-0.39, 0.29) is 30.6 Å². The Kier molecular flexibility index (Phi) is 10.3. The standard InChI is InChI=1S/C7H16N2O.HI/c1-3-4-9(5-6-10)7(2)8;/h8,10H,3-6H2,1-2H3;1H. The van der Waals surface area contributed by atoms with Gasteiger partial charge in [0, 0.05) is 6.92 Å². The zero-order valence-corrected chi connectivity index (χ0v) is 9.34. The van der Waals surface area contributed by atoms with Crippen LogP contribution in [-0.2, 0) is 0 Å². The number of nitrogens with two attached hydrogens (primary N) is 1. The second kappa shape index (κ2) is 8.26. The second-order valence-electron chi connectivity index (χ2n) is 2.35. The van der Waals surface area contributed by atoms with Gasteiger partial charge in [-0.2, -0.15) is 0 Å². The summed E-state index contributed by atoms with van der Waals surface area (Å²) in [6.45, 7) is 5.70. The third kappa shape index (κ3) is 6.55. The molecule has 0 aromatic rings. The van der Waals surface area contributed by atoms with Gasteiger partial charge in [0.15, 0.2) is 0 Å². The molecule has 0 bridgehead atoms. The molecule has 68 valence electrons. The van der Waals surface area contributed by atoms with Gasteiger partial charge in [0.2, 0.25) is 5.84 Å². The molecule has 0 saturated heterocycles. The zero-order chi connectivity index (χ0) is 7.98. The molecule has 0 aromatic heterocycles. The Morgan fingerprint density at radius 2 is 2.00 bits per heavy atom. The van der Waals surface area contributed by atoms with Gasteiger partial charge in [-0.05, 0) is 6.42 Å². The first kappa shape index (κ1) is 13.7. The minimum Gasteiger partial charge on any atom is -1.00 e. The first-order valence-corrected chi connectivity index (χ1v) is 3.67. The van der Waals surface area contributed by atoms with Crippen LogP contribution in [0, 0.1) is 0 Å². The number of hydrogen-bond donors (Lipinski definition) is 2. The highest BCUT2D eigenvalue weighted by Crippen LogP contribution is 1.81. The number of nitrogens with zero attached hydrogens (tertiary/aromatic N) is 1. The summed E-state index contributed by atoms with van der Waals surface area (Å²) in [6.07, 6.45) is 1.06. The molecule has 11 heavy (non-hydrogen) atoms. The summed E-state index contributed by atoms with van der Waals surface area (Å²) in [7, 11) is 0. The lowest BCUT2D eigenvalue weighted by Gasteiger charge is -2.03. The Morgan fingerprint density at radius 3 is 2.27 bits per heavy atom. The van der Waals surface area contributed by atoms with Crippen LogP contribution in [0.4, 0.5) is 0 Å². The first-order chi connectivity index (χ1) is 4.72. The van der Waals surface area contributed by atoms with Crippen molar-refractivity contribution in [3.63, 3.8) is 0 Å². The van der Waals surface area contributed by atoms with Crippen molar-refractivity contribution < 1.29 is 33.7 Å². The topological polar surface area (TPSA) is 49.3 Å². The molecule has 0 amide bonds. The summed E-state index contributed by atoms with van der Waals surface area (Å²) in [5.74, 6) is 0.788. The molecule has 0 unspecified atom stereocenters. The fourth-order valence-electron chi connectivity index (χ4n) is 0.855. The van der Waals surface area contributed by atoms with Crippen LogP contribution in [0.2, 0.25) is 0 Å². The maximum absolute atomic E-state index is 8.60. The van der Waals surface area contributed by atoms with Crippen LogP contribution in [0.5, 0.6) is 0 Å². The molecule has 0 fully saturated rings. The highest BCUT2D eigenvalue weighted by molar-refractivity contribution is 5.72. The number of rotatable bonds is 4. The number of amidine groups is 1. The van der Waals surface area contributed by atoms with E-state index in [2.05, 4.69) is 6.92 Å². The van der Waals surface area contributed by atoms with E-state index in [0.717, 1.165) is 18.8 Å². The minimum atomic E-state index is 0. The molecular formula is C7H17IN2O. The van der Waals surface area contributed by atoms with Gasteiger partial charge in [-0.15, -0.1) is 0 Å². The average Bonchev–Trinajstić information content (AvgIpc) is 1.87. The van der Waals surface area contributed by atoms with E-state index in [0.29, 0.717) is 6.54 Å². The fourth-order valence-corrected chi connectivity index (χ4v) is 0.855. The summed E-state index contributed by atoms with van der Waals surface area (Å²) in [4.78, 5) is 0. The van der Waals surface area contributed by atoms with Crippen LogP contribution in [-0.4, -0.2) is 35.2 Å². The van der Waals surface area contributed by atoms with Gasteiger partial charge in [-0.25, -0.2) is 0 Å². The second-order valence-corrected chi connectivity index (χ2v) is 2.35. The number of aliphatic hydroxyl groups excluding tert-OH is 1. The Labute approximate surface area is 85.3 Å². The Hall–Kier alpha value is 0.160. The van der Waals surface area contributed by atoms with E-state index < -0.39 is 0 Å². The van der Waals surface area contributed by atoms with Crippen LogP contribution >= 0.6 is 0 Å². The smallest absolute Gasteiger partial charge is 0.239 e. The van der Waals surface area contributed by atoms with Crippen molar-refractivity contribution in [1.82, 2.24) is 0 Å². The van der Waals surface area contributed by atoms with Crippen LogP contribution in [0.3, 0.4) is 0 Å². The van der Waals surface area contributed by atoms with Crippen molar-refractivity contribution in [2.75, 3.05) is 19.7 Å². The maximum Gasteiger partial charge on any atom is 0.239 e. The van der Waals surface area contributed by atoms with Crippen LogP contribution in [0.1, 0.15) is 20.3 Å².